The molecule has 138 valence electrons. The second-order valence-electron chi connectivity index (χ2n) is 6.16. The van der Waals surface area contributed by atoms with E-state index in [0.29, 0.717) is 17.5 Å². The summed E-state index contributed by atoms with van der Waals surface area (Å²) in [5.74, 6) is 0.849. The Bertz CT molecular complexity index is 1180. The molecule has 1 aromatic heterocycles. The molecule has 1 heterocycles. The van der Waals surface area contributed by atoms with Crippen LogP contribution in [0.5, 0.6) is 5.75 Å². The minimum absolute atomic E-state index is 0.0924. The average Bonchev–Trinajstić information content (AvgIpc) is 2.74. The van der Waals surface area contributed by atoms with E-state index in [1.54, 1.807) is 24.3 Å². The van der Waals surface area contributed by atoms with Gasteiger partial charge < -0.3 is 9.15 Å². The Morgan fingerprint density at radius 3 is 2.46 bits per heavy atom. The van der Waals surface area contributed by atoms with Crippen LogP contribution < -0.4 is 10.4 Å². The Morgan fingerprint density at radius 1 is 0.964 bits per heavy atom. The van der Waals surface area contributed by atoms with Gasteiger partial charge in [0.1, 0.15) is 17.4 Å². The Labute approximate surface area is 166 Å². The number of rotatable bonds is 5. The van der Waals surface area contributed by atoms with E-state index in [-0.39, 0.29) is 10.9 Å². The highest BCUT2D eigenvalue weighted by Crippen LogP contribution is 2.23. The lowest BCUT2D eigenvalue weighted by Gasteiger charge is -2.06. The average molecular weight is 390 g/mol. The zero-order chi connectivity index (χ0) is 19.3. The van der Waals surface area contributed by atoms with Gasteiger partial charge in [-0.05, 0) is 41.5 Å². The summed E-state index contributed by atoms with van der Waals surface area (Å²) in [4.78, 5) is 16.4. The molecule has 0 amide bonds. The van der Waals surface area contributed by atoms with Crippen LogP contribution in [0.25, 0.3) is 22.0 Å². The van der Waals surface area contributed by atoms with Gasteiger partial charge in [0.15, 0.2) is 0 Å². The number of halogens is 1. The van der Waals surface area contributed by atoms with Crippen LogP contribution >= 0.6 is 11.6 Å². The van der Waals surface area contributed by atoms with Crippen LogP contribution in [0.1, 0.15) is 17.0 Å². The van der Waals surface area contributed by atoms with Gasteiger partial charge in [0.25, 0.3) is 0 Å². The van der Waals surface area contributed by atoms with Crippen molar-refractivity contribution in [3.63, 3.8) is 0 Å². The van der Waals surface area contributed by atoms with Crippen LogP contribution in [-0.4, -0.2) is 4.98 Å². The van der Waals surface area contributed by atoms with E-state index in [2.05, 4.69) is 4.98 Å². The van der Waals surface area contributed by atoms with Gasteiger partial charge in [0.2, 0.25) is 5.89 Å². The maximum absolute atomic E-state index is 12.1. The molecule has 0 saturated heterocycles. The Morgan fingerprint density at radius 2 is 1.68 bits per heavy atom. The standard InChI is InChI=1S/C23H16ClNO3/c24-20(22-25-21-9-5-4-8-19(21)23(26)28-22)14-16-10-12-18(13-11-16)27-15-17-6-2-1-3-7-17/h1-14H,15H2/b20-14-. The molecule has 0 aliphatic rings. The predicted octanol–water partition coefficient (Wildman–Crippen LogP) is 5.50. The zero-order valence-corrected chi connectivity index (χ0v) is 15.6. The van der Waals surface area contributed by atoms with Gasteiger partial charge in [-0.25, -0.2) is 9.78 Å². The van der Waals surface area contributed by atoms with Gasteiger partial charge in [0.05, 0.1) is 10.9 Å². The lowest BCUT2D eigenvalue weighted by atomic mass is 10.2. The maximum atomic E-state index is 12.1. The van der Waals surface area contributed by atoms with Crippen molar-refractivity contribution in [2.24, 2.45) is 0 Å². The summed E-state index contributed by atoms with van der Waals surface area (Å²) in [5.41, 5.74) is 2.03. The van der Waals surface area contributed by atoms with Gasteiger partial charge >= 0.3 is 5.63 Å². The molecule has 0 atom stereocenters. The van der Waals surface area contributed by atoms with Crippen LogP contribution in [0.4, 0.5) is 0 Å². The summed E-state index contributed by atoms with van der Waals surface area (Å²) in [7, 11) is 0. The fraction of sp³-hybridized carbons (Fsp3) is 0.0435. The van der Waals surface area contributed by atoms with Crippen molar-refractivity contribution in [2.45, 2.75) is 6.61 Å². The summed E-state index contributed by atoms with van der Waals surface area (Å²) in [6.07, 6.45) is 1.70. The predicted molar refractivity (Wildman–Crippen MR) is 111 cm³/mol. The molecule has 0 radical (unpaired) electrons. The molecule has 0 N–H and O–H groups in total. The minimum Gasteiger partial charge on any atom is -0.489 e. The number of hydrogen-bond donors (Lipinski definition) is 0. The molecule has 4 aromatic rings. The van der Waals surface area contributed by atoms with Crippen molar-refractivity contribution in [3.8, 4) is 5.75 Å². The van der Waals surface area contributed by atoms with E-state index in [1.165, 1.54) is 0 Å². The summed E-state index contributed by atoms with van der Waals surface area (Å²) >= 11 is 6.33. The maximum Gasteiger partial charge on any atom is 0.347 e. The van der Waals surface area contributed by atoms with E-state index in [9.17, 15) is 4.79 Å². The van der Waals surface area contributed by atoms with Crippen LogP contribution in [-0.2, 0) is 6.61 Å². The van der Waals surface area contributed by atoms with Crippen LogP contribution in [0.15, 0.2) is 88.1 Å². The minimum atomic E-state index is -0.461. The molecule has 28 heavy (non-hydrogen) atoms. The fourth-order valence-corrected chi connectivity index (χ4v) is 2.94. The van der Waals surface area contributed by atoms with E-state index in [0.717, 1.165) is 16.9 Å². The van der Waals surface area contributed by atoms with Crippen LogP contribution in [0.2, 0.25) is 0 Å². The lowest BCUT2D eigenvalue weighted by Crippen LogP contribution is -2.03. The molecule has 0 aliphatic carbocycles. The number of ether oxygens (including phenoxy) is 1. The molecule has 0 aliphatic heterocycles. The third-order valence-electron chi connectivity index (χ3n) is 4.16. The Balaban J connectivity index is 1.51. The van der Waals surface area contributed by atoms with Crippen molar-refractivity contribution in [3.05, 3.63) is 106 Å². The van der Waals surface area contributed by atoms with E-state index < -0.39 is 5.63 Å². The van der Waals surface area contributed by atoms with Gasteiger partial charge in [-0.3, -0.25) is 0 Å². The molecule has 0 fully saturated rings. The molecular weight excluding hydrogens is 374 g/mol. The summed E-state index contributed by atoms with van der Waals surface area (Å²) in [6.45, 7) is 0.503. The van der Waals surface area contributed by atoms with E-state index >= 15 is 0 Å². The first-order chi connectivity index (χ1) is 13.7. The molecule has 4 rings (SSSR count). The number of hydrogen-bond acceptors (Lipinski definition) is 4. The van der Waals surface area contributed by atoms with Crippen molar-refractivity contribution in [2.75, 3.05) is 0 Å². The van der Waals surface area contributed by atoms with Crippen LogP contribution in [0, 0.1) is 0 Å². The van der Waals surface area contributed by atoms with Crippen LogP contribution in [0.3, 0.4) is 0 Å². The van der Waals surface area contributed by atoms with Gasteiger partial charge in [-0.2, -0.15) is 0 Å². The van der Waals surface area contributed by atoms with Gasteiger partial charge in [0, 0.05) is 0 Å². The first-order valence-corrected chi connectivity index (χ1v) is 9.11. The normalized spacial score (nSPS) is 11.5. The summed E-state index contributed by atoms with van der Waals surface area (Å²) in [5, 5.41) is 0.677. The Hall–Kier alpha value is -3.37. The molecule has 4 nitrogen and oxygen atoms in total. The van der Waals surface area contributed by atoms with E-state index in [1.807, 2.05) is 60.7 Å². The zero-order valence-electron chi connectivity index (χ0n) is 14.8. The number of nitrogens with zero attached hydrogens (tertiary/aromatic N) is 1. The number of para-hydroxylation sites is 1. The fourth-order valence-electron chi connectivity index (χ4n) is 2.73. The molecule has 3 aromatic carbocycles. The second kappa shape index (κ2) is 8.11. The molecule has 0 saturated carbocycles. The first-order valence-electron chi connectivity index (χ1n) is 8.73. The van der Waals surface area contributed by atoms with Gasteiger partial charge in [-0.1, -0.05) is 66.2 Å². The highest BCUT2D eigenvalue weighted by Gasteiger charge is 2.09. The number of aromatic nitrogens is 1. The van der Waals surface area contributed by atoms with E-state index in [4.69, 9.17) is 20.8 Å². The third kappa shape index (κ3) is 4.13. The summed E-state index contributed by atoms with van der Waals surface area (Å²) < 4.78 is 11.0. The topological polar surface area (TPSA) is 52.3 Å². The number of fused-ring (bicyclic) bond motifs is 1. The smallest absolute Gasteiger partial charge is 0.347 e. The van der Waals surface area contributed by atoms with Crippen molar-refractivity contribution in [1.29, 1.82) is 0 Å². The van der Waals surface area contributed by atoms with Crippen molar-refractivity contribution >= 4 is 33.6 Å². The first kappa shape index (κ1) is 18.0. The largest absolute Gasteiger partial charge is 0.489 e. The molecule has 0 unspecified atom stereocenters. The lowest BCUT2D eigenvalue weighted by molar-refractivity contribution is 0.306. The highest BCUT2D eigenvalue weighted by molar-refractivity contribution is 6.50. The Kier molecular flexibility index (Phi) is 5.22. The molecule has 5 heteroatoms. The molecule has 0 bridgehead atoms. The number of benzene rings is 3. The quantitative estimate of drug-likeness (QED) is 0.452. The SMILES string of the molecule is O=c1oc(/C(Cl)=C/c2ccc(OCc3ccccc3)cc2)nc2ccccc12. The highest BCUT2D eigenvalue weighted by atomic mass is 35.5. The third-order valence-corrected chi connectivity index (χ3v) is 4.43. The molecular formula is C23H16ClNO3. The monoisotopic (exact) mass is 389 g/mol. The van der Waals surface area contributed by atoms with Crippen molar-refractivity contribution in [1.82, 2.24) is 4.98 Å². The molecule has 0 spiro atoms. The second-order valence-corrected chi connectivity index (χ2v) is 6.57. The van der Waals surface area contributed by atoms with Gasteiger partial charge in [-0.15, -0.1) is 0 Å². The summed E-state index contributed by atoms with van der Waals surface area (Å²) in [6, 6.07) is 24.4. The van der Waals surface area contributed by atoms with Crippen molar-refractivity contribution < 1.29 is 9.15 Å².